The van der Waals surface area contributed by atoms with Crippen LogP contribution in [0.25, 0.3) is 15.9 Å². The van der Waals surface area contributed by atoms with Gasteiger partial charge in [-0.2, -0.15) is 5.10 Å². The van der Waals surface area contributed by atoms with Gasteiger partial charge in [0.25, 0.3) is 5.91 Å². The lowest BCUT2D eigenvalue weighted by Gasteiger charge is -2.06. The van der Waals surface area contributed by atoms with Gasteiger partial charge in [-0.1, -0.05) is 12.1 Å². The van der Waals surface area contributed by atoms with Gasteiger partial charge >= 0.3 is 0 Å². The van der Waals surface area contributed by atoms with Gasteiger partial charge in [-0.15, -0.1) is 11.3 Å². The Kier molecular flexibility index (Phi) is 4.92. The van der Waals surface area contributed by atoms with E-state index in [0.717, 1.165) is 39.4 Å². The van der Waals surface area contributed by atoms with Crippen LogP contribution in [0, 0.1) is 20.8 Å². The third-order valence-corrected chi connectivity index (χ3v) is 5.88. The molecule has 0 bridgehead atoms. The molecule has 1 amide bonds. The number of hydrogen-bond donors (Lipinski definition) is 1. The maximum atomic E-state index is 12.7. The molecule has 0 saturated heterocycles. The van der Waals surface area contributed by atoms with Crippen molar-refractivity contribution in [3.05, 3.63) is 70.2 Å². The van der Waals surface area contributed by atoms with Crippen LogP contribution in [-0.2, 0) is 6.42 Å². The van der Waals surface area contributed by atoms with Crippen molar-refractivity contribution in [2.75, 3.05) is 6.54 Å². The molecule has 28 heavy (non-hydrogen) atoms. The van der Waals surface area contributed by atoms with Crippen LogP contribution in [0.3, 0.4) is 0 Å². The van der Waals surface area contributed by atoms with Crippen molar-refractivity contribution < 1.29 is 4.79 Å². The van der Waals surface area contributed by atoms with Crippen LogP contribution < -0.4 is 5.32 Å². The summed E-state index contributed by atoms with van der Waals surface area (Å²) in [6.07, 6.45) is 4.44. The zero-order chi connectivity index (χ0) is 19.7. The predicted octanol–water partition coefficient (Wildman–Crippen LogP) is 3.77. The lowest BCUT2D eigenvalue weighted by atomic mass is 10.1. The summed E-state index contributed by atoms with van der Waals surface area (Å²) in [6.45, 7) is 6.38. The highest BCUT2D eigenvalue weighted by Crippen LogP contribution is 2.31. The van der Waals surface area contributed by atoms with Crippen LogP contribution >= 0.6 is 11.3 Å². The van der Waals surface area contributed by atoms with Gasteiger partial charge in [0.15, 0.2) is 0 Å². The normalized spacial score (nSPS) is 11.1. The molecule has 0 aliphatic carbocycles. The van der Waals surface area contributed by atoms with Gasteiger partial charge in [-0.3, -0.25) is 4.79 Å². The van der Waals surface area contributed by atoms with Crippen LogP contribution in [0.4, 0.5) is 0 Å². The predicted molar refractivity (Wildman–Crippen MR) is 111 cm³/mol. The van der Waals surface area contributed by atoms with Crippen molar-refractivity contribution >= 4 is 27.5 Å². The standard InChI is InChI=1S/C21H21N5OS/c1-13-18-14(2)24-15(3)25-21(18)28-19(13)20(27)22-11-9-16-5-7-17(8-6-16)26-12-4-10-23-26/h4-8,10,12H,9,11H2,1-3H3,(H,22,27). The van der Waals surface area contributed by atoms with Gasteiger partial charge in [0.2, 0.25) is 0 Å². The number of carbonyl (C=O) groups excluding carboxylic acids is 1. The fourth-order valence-electron chi connectivity index (χ4n) is 3.33. The second-order valence-corrected chi connectivity index (χ2v) is 7.71. The Balaban J connectivity index is 1.41. The van der Waals surface area contributed by atoms with Crippen molar-refractivity contribution in [3.8, 4) is 5.69 Å². The number of thiophene rings is 1. The van der Waals surface area contributed by atoms with E-state index in [-0.39, 0.29) is 5.91 Å². The maximum Gasteiger partial charge on any atom is 0.261 e. The molecule has 0 atom stereocenters. The number of hydrogen-bond acceptors (Lipinski definition) is 5. The van der Waals surface area contributed by atoms with Crippen LogP contribution in [0.1, 0.15) is 32.3 Å². The Morgan fingerprint density at radius 3 is 2.64 bits per heavy atom. The zero-order valence-electron chi connectivity index (χ0n) is 16.1. The fourth-order valence-corrected chi connectivity index (χ4v) is 4.52. The molecule has 0 radical (unpaired) electrons. The maximum absolute atomic E-state index is 12.7. The summed E-state index contributed by atoms with van der Waals surface area (Å²) in [6, 6.07) is 10.1. The van der Waals surface area contributed by atoms with E-state index in [9.17, 15) is 4.79 Å². The molecule has 0 aliphatic heterocycles. The third-order valence-electron chi connectivity index (χ3n) is 4.69. The van der Waals surface area contributed by atoms with E-state index < -0.39 is 0 Å². The second kappa shape index (κ2) is 7.52. The molecule has 0 fully saturated rings. The van der Waals surface area contributed by atoms with Crippen molar-refractivity contribution in [2.45, 2.75) is 27.2 Å². The molecule has 3 aromatic heterocycles. The van der Waals surface area contributed by atoms with Crippen LogP contribution in [-0.4, -0.2) is 32.2 Å². The van der Waals surface area contributed by atoms with Crippen molar-refractivity contribution in [3.63, 3.8) is 0 Å². The monoisotopic (exact) mass is 391 g/mol. The highest BCUT2D eigenvalue weighted by atomic mass is 32.1. The summed E-state index contributed by atoms with van der Waals surface area (Å²) in [5, 5.41) is 8.25. The smallest absolute Gasteiger partial charge is 0.261 e. The first-order chi connectivity index (χ1) is 13.5. The van der Waals surface area contributed by atoms with E-state index >= 15 is 0 Å². The largest absolute Gasteiger partial charge is 0.351 e. The minimum Gasteiger partial charge on any atom is -0.351 e. The number of benzene rings is 1. The number of rotatable bonds is 5. The summed E-state index contributed by atoms with van der Waals surface area (Å²) < 4.78 is 1.82. The van der Waals surface area contributed by atoms with Crippen LogP contribution in [0.2, 0.25) is 0 Å². The topological polar surface area (TPSA) is 72.7 Å². The lowest BCUT2D eigenvalue weighted by molar-refractivity contribution is 0.0957. The van der Waals surface area contributed by atoms with Crippen molar-refractivity contribution in [1.82, 2.24) is 25.1 Å². The van der Waals surface area contributed by atoms with Gasteiger partial charge in [-0.05, 0) is 56.5 Å². The molecule has 1 N–H and O–H groups in total. The minimum atomic E-state index is -0.0503. The first kappa shape index (κ1) is 18.3. The minimum absolute atomic E-state index is 0.0503. The number of nitrogens with one attached hydrogen (secondary N) is 1. The number of carbonyl (C=O) groups is 1. The molecule has 142 valence electrons. The zero-order valence-corrected chi connectivity index (χ0v) is 16.9. The number of fused-ring (bicyclic) bond motifs is 1. The average molecular weight is 392 g/mol. The molecule has 3 heterocycles. The molecule has 0 saturated carbocycles. The molecule has 0 unspecified atom stereocenters. The van der Waals surface area contributed by atoms with E-state index in [4.69, 9.17) is 0 Å². The SMILES string of the molecule is Cc1nc(C)c2c(C)c(C(=O)NCCc3ccc(-n4cccn4)cc3)sc2n1. The molecular weight excluding hydrogens is 370 g/mol. The van der Waals surface area contributed by atoms with Gasteiger partial charge < -0.3 is 5.32 Å². The highest BCUT2D eigenvalue weighted by molar-refractivity contribution is 7.20. The van der Waals surface area contributed by atoms with Gasteiger partial charge in [0, 0.05) is 30.0 Å². The van der Waals surface area contributed by atoms with Gasteiger partial charge in [0.1, 0.15) is 10.7 Å². The van der Waals surface area contributed by atoms with Gasteiger partial charge in [-0.25, -0.2) is 14.6 Å². The van der Waals surface area contributed by atoms with Crippen LogP contribution in [0.5, 0.6) is 0 Å². The molecule has 7 heteroatoms. The molecule has 4 aromatic rings. The number of nitrogens with zero attached hydrogens (tertiary/aromatic N) is 4. The van der Waals surface area contributed by atoms with E-state index in [0.29, 0.717) is 11.4 Å². The van der Waals surface area contributed by atoms with Crippen molar-refractivity contribution in [1.29, 1.82) is 0 Å². The first-order valence-electron chi connectivity index (χ1n) is 9.14. The molecule has 0 aliphatic rings. The Morgan fingerprint density at radius 2 is 1.93 bits per heavy atom. The van der Waals surface area contributed by atoms with Gasteiger partial charge in [0.05, 0.1) is 10.6 Å². The highest BCUT2D eigenvalue weighted by Gasteiger charge is 2.18. The first-order valence-corrected chi connectivity index (χ1v) is 9.96. The number of aryl methyl sites for hydroxylation is 3. The summed E-state index contributed by atoms with van der Waals surface area (Å²) in [7, 11) is 0. The Bertz CT molecular complexity index is 1130. The number of aromatic nitrogens is 4. The third kappa shape index (κ3) is 3.53. The Hall–Kier alpha value is -3.06. The van der Waals surface area contributed by atoms with Crippen molar-refractivity contribution in [2.24, 2.45) is 0 Å². The Morgan fingerprint density at radius 1 is 1.14 bits per heavy atom. The van der Waals surface area contributed by atoms with E-state index in [1.807, 2.05) is 49.8 Å². The van der Waals surface area contributed by atoms with E-state index in [2.05, 4.69) is 32.5 Å². The molecule has 0 spiro atoms. The average Bonchev–Trinajstić information content (AvgIpc) is 3.30. The summed E-state index contributed by atoms with van der Waals surface area (Å²) >= 11 is 1.43. The Labute approximate surface area is 167 Å². The molecule has 1 aromatic carbocycles. The molecule has 6 nitrogen and oxygen atoms in total. The van der Waals surface area contributed by atoms with E-state index in [1.54, 1.807) is 6.20 Å². The number of amides is 1. The summed E-state index contributed by atoms with van der Waals surface area (Å²) in [5.74, 6) is 0.683. The lowest BCUT2D eigenvalue weighted by Crippen LogP contribution is -2.25. The second-order valence-electron chi connectivity index (χ2n) is 6.72. The van der Waals surface area contributed by atoms with E-state index in [1.165, 1.54) is 16.9 Å². The summed E-state index contributed by atoms with van der Waals surface area (Å²) in [5.41, 5.74) is 4.07. The molecule has 4 rings (SSSR count). The van der Waals surface area contributed by atoms with Crippen LogP contribution in [0.15, 0.2) is 42.7 Å². The summed E-state index contributed by atoms with van der Waals surface area (Å²) in [4.78, 5) is 23.2. The quantitative estimate of drug-likeness (QED) is 0.562. The fraction of sp³-hybridized carbons (Fsp3) is 0.238. The molecular formula is C21H21N5OS.